The van der Waals surface area contributed by atoms with E-state index in [0.717, 1.165) is 60.8 Å². The first-order valence-electron chi connectivity index (χ1n) is 12.0. The molecule has 6 rings (SSSR count). The number of nitrogens with zero attached hydrogens (tertiary/aromatic N) is 4. The third-order valence-electron chi connectivity index (χ3n) is 7.25. The van der Waals surface area contributed by atoms with Crippen LogP contribution in [0.15, 0.2) is 54.7 Å². The van der Waals surface area contributed by atoms with Crippen LogP contribution in [0, 0.1) is 0 Å². The summed E-state index contributed by atoms with van der Waals surface area (Å²) in [7, 11) is 0. The van der Waals surface area contributed by atoms with Gasteiger partial charge >= 0.3 is 0 Å². The largest absolute Gasteiger partial charge is 0.341 e. The standard InChI is InChI=1S/C27H27ClN4O2/c28-22-5-3-19(4-6-22)21-16-25-27(34)31(14-12-30(25)18-21)23-7-8-24-20(15-23)17-26(33)32(24)13-11-29-9-1-2-10-29/h3-8,15-16,18H,1-2,9-14,17H2. The van der Waals surface area contributed by atoms with Gasteiger partial charge in [0.15, 0.2) is 0 Å². The number of carbonyl (C=O) groups excluding carboxylic acids is 2. The minimum atomic E-state index is -0.0124. The highest BCUT2D eigenvalue weighted by Crippen LogP contribution is 2.34. The zero-order valence-electron chi connectivity index (χ0n) is 19.0. The van der Waals surface area contributed by atoms with Gasteiger partial charge in [-0.2, -0.15) is 0 Å². The molecule has 0 unspecified atom stereocenters. The van der Waals surface area contributed by atoms with Gasteiger partial charge in [-0.15, -0.1) is 0 Å². The number of hydrogen-bond donors (Lipinski definition) is 0. The lowest BCUT2D eigenvalue weighted by molar-refractivity contribution is -0.117. The molecule has 0 spiro atoms. The highest BCUT2D eigenvalue weighted by atomic mass is 35.5. The van der Waals surface area contributed by atoms with E-state index in [9.17, 15) is 9.59 Å². The fourth-order valence-corrected chi connectivity index (χ4v) is 5.52. The lowest BCUT2D eigenvalue weighted by Gasteiger charge is -2.29. The van der Waals surface area contributed by atoms with E-state index >= 15 is 0 Å². The Hall–Kier alpha value is -3.09. The van der Waals surface area contributed by atoms with Crippen LogP contribution >= 0.6 is 11.6 Å². The van der Waals surface area contributed by atoms with Gasteiger partial charge in [-0.25, -0.2) is 0 Å². The summed E-state index contributed by atoms with van der Waals surface area (Å²) in [4.78, 5) is 32.3. The fourth-order valence-electron chi connectivity index (χ4n) is 5.40. The first-order valence-corrected chi connectivity index (χ1v) is 12.4. The van der Waals surface area contributed by atoms with Crippen LogP contribution in [0.4, 0.5) is 11.4 Å². The van der Waals surface area contributed by atoms with E-state index in [1.165, 1.54) is 12.8 Å². The summed E-state index contributed by atoms with van der Waals surface area (Å²) in [5.41, 5.74) is 5.59. The van der Waals surface area contributed by atoms with Crippen molar-refractivity contribution >= 4 is 34.8 Å². The molecule has 0 aliphatic carbocycles. The molecule has 1 aromatic heterocycles. The molecule has 3 aromatic rings. The molecule has 0 radical (unpaired) electrons. The van der Waals surface area contributed by atoms with Gasteiger partial charge in [0.25, 0.3) is 5.91 Å². The molecule has 7 heteroatoms. The lowest BCUT2D eigenvalue weighted by atomic mass is 10.1. The molecule has 6 nitrogen and oxygen atoms in total. The molecule has 3 aliphatic rings. The molecule has 174 valence electrons. The van der Waals surface area contributed by atoms with E-state index in [0.29, 0.717) is 23.7 Å². The maximum Gasteiger partial charge on any atom is 0.274 e. The Morgan fingerprint density at radius 3 is 2.41 bits per heavy atom. The van der Waals surface area contributed by atoms with Gasteiger partial charge in [-0.05, 0) is 73.5 Å². The average molecular weight is 475 g/mol. The molecule has 3 aliphatic heterocycles. The summed E-state index contributed by atoms with van der Waals surface area (Å²) in [6.07, 6.45) is 4.94. The monoisotopic (exact) mass is 474 g/mol. The topological polar surface area (TPSA) is 48.8 Å². The molecule has 1 fully saturated rings. The number of amides is 2. The minimum absolute atomic E-state index is 0.0124. The Morgan fingerprint density at radius 1 is 0.824 bits per heavy atom. The Labute approximate surface area is 204 Å². The van der Waals surface area contributed by atoms with Crippen molar-refractivity contribution < 1.29 is 9.59 Å². The van der Waals surface area contributed by atoms with Gasteiger partial charge in [0.2, 0.25) is 5.91 Å². The van der Waals surface area contributed by atoms with E-state index in [4.69, 9.17) is 11.6 Å². The van der Waals surface area contributed by atoms with Gasteiger partial charge in [-0.1, -0.05) is 23.7 Å². The molecule has 0 atom stereocenters. The predicted octanol–water partition coefficient (Wildman–Crippen LogP) is 4.45. The smallest absolute Gasteiger partial charge is 0.274 e. The Balaban J connectivity index is 1.22. The average Bonchev–Trinajstić information content (AvgIpc) is 3.57. The quantitative estimate of drug-likeness (QED) is 0.548. The summed E-state index contributed by atoms with van der Waals surface area (Å²) in [6.45, 7) is 5.25. The van der Waals surface area contributed by atoms with Crippen LogP contribution in [0.5, 0.6) is 0 Å². The SMILES string of the molecule is O=C1c2cc(-c3ccc(Cl)cc3)cn2CCN1c1ccc2c(c1)CC(=O)N2CCN1CCCC1. The third kappa shape index (κ3) is 3.81. The molecular formula is C27H27ClN4O2. The summed E-state index contributed by atoms with van der Waals surface area (Å²) >= 11 is 6.02. The molecule has 34 heavy (non-hydrogen) atoms. The first kappa shape index (κ1) is 21.4. The number of fused-ring (bicyclic) bond motifs is 2. The third-order valence-corrected chi connectivity index (χ3v) is 7.50. The van der Waals surface area contributed by atoms with E-state index in [1.807, 2.05) is 69.1 Å². The zero-order valence-corrected chi connectivity index (χ0v) is 19.8. The van der Waals surface area contributed by atoms with Crippen molar-refractivity contribution in [3.8, 4) is 11.1 Å². The van der Waals surface area contributed by atoms with Crippen LogP contribution in [-0.4, -0.2) is 54.0 Å². The van der Waals surface area contributed by atoms with Crippen molar-refractivity contribution in [1.29, 1.82) is 0 Å². The van der Waals surface area contributed by atoms with E-state index in [2.05, 4.69) is 4.90 Å². The Morgan fingerprint density at radius 2 is 1.62 bits per heavy atom. The van der Waals surface area contributed by atoms with E-state index < -0.39 is 0 Å². The van der Waals surface area contributed by atoms with Crippen LogP contribution in [0.1, 0.15) is 28.9 Å². The summed E-state index contributed by atoms with van der Waals surface area (Å²) in [6, 6.07) is 15.6. The molecule has 1 saturated heterocycles. The van der Waals surface area contributed by atoms with Crippen molar-refractivity contribution in [3.63, 3.8) is 0 Å². The highest BCUT2D eigenvalue weighted by Gasteiger charge is 2.31. The van der Waals surface area contributed by atoms with Gasteiger partial charge in [-0.3, -0.25) is 9.59 Å². The molecule has 0 bridgehead atoms. The molecule has 2 amide bonds. The second-order valence-electron chi connectivity index (χ2n) is 9.36. The molecule has 4 heterocycles. The molecular weight excluding hydrogens is 448 g/mol. The number of likely N-dealkylation sites (tertiary alicyclic amines) is 1. The number of anilines is 2. The number of benzene rings is 2. The zero-order chi connectivity index (χ0) is 23.2. The summed E-state index contributed by atoms with van der Waals surface area (Å²) in [5.74, 6) is 0.138. The highest BCUT2D eigenvalue weighted by molar-refractivity contribution is 6.30. The predicted molar refractivity (Wildman–Crippen MR) is 135 cm³/mol. The maximum absolute atomic E-state index is 13.4. The van der Waals surface area contributed by atoms with Crippen LogP contribution in [0.2, 0.25) is 5.02 Å². The van der Waals surface area contributed by atoms with Gasteiger partial charge in [0.1, 0.15) is 5.69 Å². The number of rotatable bonds is 5. The van der Waals surface area contributed by atoms with Gasteiger partial charge in [0.05, 0.1) is 6.42 Å². The van der Waals surface area contributed by atoms with E-state index in [1.54, 1.807) is 0 Å². The van der Waals surface area contributed by atoms with Crippen molar-refractivity contribution in [3.05, 3.63) is 71.0 Å². The normalized spacial score (nSPS) is 18.0. The molecule has 2 aromatic carbocycles. The number of carbonyl (C=O) groups is 2. The van der Waals surface area contributed by atoms with Crippen LogP contribution in [-0.2, 0) is 17.8 Å². The number of hydrogen-bond acceptors (Lipinski definition) is 3. The molecule has 0 N–H and O–H groups in total. The van der Waals surface area contributed by atoms with Crippen molar-refractivity contribution in [2.75, 3.05) is 42.5 Å². The van der Waals surface area contributed by atoms with Crippen molar-refractivity contribution in [2.24, 2.45) is 0 Å². The van der Waals surface area contributed by atoms with Crippen molar-refractivity contribution in [1.82, 2.24) is 9.47 Å². The van der Waals surface area contributed by atoms with E-state index in [-0.39, 0.29) is 11.8 Å². The van der Waals surface area contributed by atoms with Gasteiger partial charge in [0, 0.05) is 54.3 Å². The second kappa shape index (κ2) is 8.60. The van der Waals surface area contributed by atoms with Crippen LogP contribution in [0.3, 0.4) is 0 Å². The molecule has 0 saturated carbocycles. The van der Waals surface area contributed by atoms with Crippen LogP contribution in [0.25, 0.3) is 11.1 Å². The number of halogens is 1. The Bertz CT molecular complexity index is 1260. The summed E-state index contributed by atoms with van der Waals surface area (Å²) < 4.78 is 2.03. The number of aromatic nitrogens is 1. The summed E-state index contributed by atoms with van der Waals surface area (Å²) in [5, 5.41) is 0.694. The van der Waals surface area contributed by atoms with Crippen molar-refractivity contribution in [2.45, 2.75) is 25.8 Å². The first-order chi connectivity index (χ1) is 16.6. The van der Waals surface area contributed by atoms with Gasteiger partial charge < -0.3 is 19.3 Å². The second-order valence-corrected chi connectivity index (χ2v) is 9.79. The minimum Gasteiger partial charge on any atom is -0.341 e. The lowest BCUT2D eigenvalue weighted by Crippen LogP contribution is -2.40. The fraction of sp³-hybridized carbons (Fsp3) is 0.333. The Kier molecular flexibility index (Phi) is 5.42. The van der Waals surface area contributed by atoms with Crippen LogP contribution < -0.4 is 9.80 Å². The maximum atomic E-state index is 13.4.